The molecule has 1 amide bonds. The number of fused-ring (bicyclic) bond motifs is 1. The van der Waals surface area contributed by atoms with Crippen LogP contribution >= 0.6 is 11.6 Å². The number of ether oxygens (including phenoxy) is 2. The summed E-state index contributed by atoms with van der Waals surface area (Å²) in [5, 5.41) is 6.41. The molecule has 2 aromatic carbocycles. The number of benzene rings is 2. The van der Waals surface area contributed by atoms with E-state index in [2.05, 4.69) is 25.6 Å². The Morgan fingerprint density at radius 3 is 2.59 bits per heavy atom. The minimum Gasteiger partial charge on any atom is -0.493 e. The van der Waals surface area contributed by atoms with Crippen LogP contribution in [0.25, 0.3) is 10.9 Å². The van der Waals surface area contributed by atoms with Crippen LogP contribution in [-0.2, 0) is 0 Å². The van der Waals surface area contributed by atoms with Gasteiger partial charge in [-0.1, -0.05) is 11.6 Å². The number of nitrogens with zero attached hydrogens (tertiary/aromatic N) is 3. The lowest BCUT2D eigenvalue weighted by Crippen LogP contribution is -2.14. The van der Waals surface area contributed by atoms with Crippen LogP contribution in [0.15, 0.2) is 55.1 Å². The van der Waals surface area contributed by atoms with Gasteiger partial charge in [-0.25, -0.2) is 14.4 Å². The largest absolute Gasteiger partial charge is 0.493 e. The number of carbonyl (C=O) groups excluding carboxylic acids is 1. The Kier molecular flexibility index (Phi) is 6.00. The standard InChI is InChI=1S/C22H17ClFN5O3/c1-31-19-8-13-18(9-20(19)32-2)26-11-27-21(13)29-17-5-6-25-10-14(17)22(30)28-12-3-4-16(24)15(23)7-12/h3-11H,1-2H3,(H,28,30)(H,25,26,27,29). The van der Waals surface area contributed by atoms with Crippen molar-refractivity contribution in [1.82, 2.24) is 15.0 Å². The fourth-order valence-electron chi connectivity index (χ4n) is 3.07. The average molecular weight is 454 g/mol. The highest BCUT2D eigenvalue weighted by Gasteiger charge is 2.16. The molecule has 2 heterocycles. The lowest BCUT2D eigenvalue weighted by molar-refractivity contribution is 0.102. The number of amides is 1. The zero-order valence-electron chi connectivity index (χ0n) is 17.0. The molecular formula is C22H17ClFN5O3. The van der Waals surface area contributed by atoms with E-state index in [1.165, 1.54) is 37.8 Å². The van der Waals surface area contributed by atoms with Crippen molar-refractivity contribution in [1.29, 1.82) is 0 Å². The van der Waals surface area contributed by atoms with Crippen LogP contribution in [0.5, 0.6) is 11.5 Å². The van der Waals surface area contributed by atoms with Crippen molar-refractivity contribution < 1.29 is 18.7 Å². The molecule has 0 fully saturated rings. The lowest BCUT2D eigenvalue weighted by Gasteiger charge is -2.14. The normalized spacial score (nSPS) is 10.6. The third kappa shape index (κ3) is 4.23. The van der Waals surface area contributed by atoms with E-state index in [0.29, 0.717) is 39.6 Å². The summed E-state index contributed by atoms with van der Waals surface area (Å²) in [6.07, 6.45) is 4.36. The van der Waals surface area contributed by atoms with E-state index >= 15 is 0 Å². The third-order valence-electron chi connectivity index (χ3n) is 4.64. The van der Waals surface area contributed by atoms with Gasteiger partial charge >= 0.3 is 0 Å². The molecule has 0 aliphatic carbocycles. The third-order valence-corrected chi connectivity index (χ3v) is 4.93. The number of carbonyl (C=O) groups is 1. The van der Waals surface area contributed by atoms with Crippen molar-refractivity contribution in [2.45, 2.75) is 0 Å². The van der Waals surface area contributed by atoms with Crippen LogP contribution in [0.2, 0.25) is 5.02 Å². The first kappa shape index (κ1) is 21.3. The predicted molar refractivity (Wildman–Crippen MR) is 120 cm³/mol. The van der Waals surface area contributed by atoms with Gasteiger partial charge in [-0.05, 0) is 30.3 Å². The second kappa shape index (κ2) is 9.03. The van der Waals surface area contributed by atoms with Gasteiger partial charge in [-0.15, -0.1) is 0 Å². The van der Waals surface area contributed by atoms with Crippen molar-refractivity contribution in [2.24, 2.45) is 0 Å². The molecule has 162 valence electrons. The molecule has 0 saturated carbocycles. The molecule has 0 aliphatic rings. The fourth-order valence-corrected chi connectivity index (χ4v) is 3.25. The first-order chi connectivity index (χ1) is 15.5. The maximum absolute atomic E-state index is 13.4. The molecule has 2 aromatic heterocycles. The summed E-state index contributed by atoms with van der Waals surface area (Å²) >= 11 is 5.80. The maximum atomic E-state index is 13.4. The van der Waals surface area contributed by atoms with E-state index in [0.717, 1.165) is 0 Å². The summed E-state index contributed by atoms with van der Waals surface area (Å²) in [7, 11) is 3.08. The molecule has 8 nitrogen and oxygen atoms in total. The van der Waals surface area contributed by atoms with Gasteiger partial charge in [0.15, 0.2) is 11.5 Å². The quantitative estimate of drug-likeness (QED) is 0.431. The summed E-state index contributed by atoms with van der Waals surface area (Å²) in [5.41, 5.74) is 1.68. The molecule has 4 rings (SSSR count). The monoisotopic (exact) mass is 453 g/mol. The Balaban J connectivity index is 1.68. The number of pyridine rings is 1. The molecule has 0 radical (unpaired) electrons. The van der Waals surface area contributed by atoms with Crippen LogP contribution < -0.4 is 20.1 Å². The van der Waals surface area contributed by atoms with Gasteiger partial charge < -0.3 is 20.1 Å². The first-order valence-corrected chi connectivity index (χ1v) is 9.72. The number of rotatable bonds is 6. The summed E-state index contributed by atoms with van der Waals surface area (Å²) in [4.78, 5) is 25.5. The molecule has 10 heteroatoms. The average Bonchev–Trinajstić information content (AvgIpc) is 2.81. The molecule has 0 bridgehead atoms. The molecule has 0 saturated heterocycles. The Morgan fingerprint density at radius 2 is 1.84 bits per heavy atom. The van der Waals surface area contributed by atoms with Gasteiger partial charge in [0.05, 0.1) is 36.0 Å². The molecule has 0 spiro atoms. The Bertz CT molecular complexity index is 1320. The highest BCUT2D eigenvalue weighted by atomic mass is 35.5. The minimum atomic E-state index is -0.573. The highest BCUT2D eigenvalue weighted by molar-refractivity contribution is 6.31. The summed E-state index contributed by atoms with van der Waals surface area (Å²) in [6.45, 7) is 0. The van der Waals surface area contributed by atoms with Crippen LogP contribution in [-0.4, -0.2) is 35.1 Å². The summed E-state index contributed by atoms with van der Waals surface area (Å²) < 4.78 is 24.1. The van der Waals surface area contributed by atoms with Crippen LogP contribution in [0.1, 0.15) is 10.4 Å². The van der Waals surface area contributed by atoms with Crippen molar-refractivity contribution >= 4 is 45.6 Å². The Hall–Kier alpha value is -3.98. The molecule has 0 atom stereocenters. The molecule has 0 aliphatic heterocycles. The Morgan fingerprint density at radius 1 is 1.06 bits per heavy atom. The Labute approximate surface area is 187 Å². The molecule has 32 heavy (non-hydrogen) atoms. The van der Waals surface area contributed by atoms with E-state index in [4.69, 9.17) is 21.1 Å². The molecular weight excluding hydrogens is 437 g/mol. The van der Waals surface area contributed by atoms with E-state index in [-0.39, 0.29) is 10.6 Å². The SMILES string of the molecule is COc1cc2ncnc(Nc3ccncc3C(=O)Nc3ccc(F)c(Cl)c3)c2cc1OC. The van der Waals surface area contributed by atoms with Crippen molar-refractivity contribution in [3.05, 3.63) is 71.5 Å². The summed E-state index contributed by atoms with van der Waals surface area (Å²) in [6, 6.07) is 9.05. The van der Waals surface area contributed by atoms with Crippen molar-refractivity contribution in [3.8, 4) is 11.5 Å². The van der Waals surface area contributed by atoms with E-state index in [1.54, 1.807) is 31.5 Å². The highest BCUT2D eigenvalue weighted by Crippen LogP contribution is 2.34. The van der Waals surface area contributed by atoms with Gasteiger partial charge in [0.25, 0.3) is 5.91 Å². The lowest BCUT2D eigenvalue weighted by atomic mass is 10.1. The zero-order valence-corrected chi connectivity index (χ0v) is 17.8. The molecule has 0 unspecified atom stereocenters. The minimum absolute atomic E-state index is 0.0934. The van der Waals surface area contributed by atoms with Gasteiger partial charge in [0, 0.05) is 29.5 Å². The van der Waals surface area contributed by atoms with Gasteiger partial charge in [-0.3, -0.25) is 9.78 Å². The first-order valence-electron chi connectivity index (χ1n) is 9.34. The van der Waals surface area contributed by atoms with E-state index < -0.39 is 11.7 Å². The molecule has 4 aromatic rings. The predicted octanol–water partition coefficient (Wildman–Crippen LogP) is 4.83. The van der Waals surface area contributed by atoms with Crippen molar-refractivity contribution in [3.63, 3.8) is 0 Å². The topological polar surface area (TPSA) is 98.3 Å². The molecule has 2 N–H and O–H groups in total. The van der Waals surface area contributed by atoms with Gasteiger partial charge in [0.2, 0.25) is 0 Å². The number of hydrogen-bond donors (Lipinski definition) is 2. The maximum Gasteiger partial charge on any atom is 0.259 e. The van der Waals surface area contributed by atoms with Crippen molar-refractivity contribution in [2.75, 3.05) is 24.9 Å². The number of methoxy groups -OCH3 is 2. The fraction of sp³-hybridized carbons (Fsp3) is 0.0909. The number of halogens is 2. The summed E-state index contributed by atoms with van der Waals surface area (Å²) in [5.74, 6) is 0.475. The van der Waals surface area contributed by atoms with E-state index in [1.807, 2.05) is 0 Å². The number of anilines is 3. The van der Waals surface area contributed by atoms with Gasteiger partial charge in [-0.2, -0.15) is 0 Å². The smallest absolute Gasteiger partial charge is 0.259 e. The van der Waals surface area contributed by atoms with Crippen LogP contribution in [0.4, 0.5) is 21.6 Å². The number of hydrogen-bond acceptors (Lipinski definition) is 7. The number of aromatic nitrogens is 3. The zero-order chi connectivity index (χ0) is 22.7. The van der Waals surface area contributed by atoms with E-state index in [9.17, 15) is 9.18 Å². The van der Waals surface area contributed by atoms with Crippen LogP contribution in [0.3, 0.4) is 0 Å². The number of nitrogens with one attached hydrogen (secondary N) is 2. The second-order valence-corrected chi connectivity index (χ2v) is 6.98. The van der Waals surface area contributed by atoms with Gasteiger partial charge in [0.1, 0.15) is 18.0 Å². The van der Waals surface area contributed by atoms with Crippen LogP contribution in [0, 0.1) is 5.82 Å². The second-order valence-electron chi connectivity index (χ2n) is 6.58.